The molecule has 1 aliphatic rings. The van der Waals surface area contributed by atoms with Gasteiger partial charge in [0.2, 0.25) is 0 Å². The first-order valence-electron chi connectivity index (χ1n) is 5.35. The van der Waals surface area contributed by atoms with Crippen LogP contribution in [0.3, 0.4) is 0 Å². The molecule has 0 spiro atoms. The Kier molecular flexibility index (Phi) is 4.32. The molecule has 0 radical (unpaired) electrons. The zero-order valence-electron chi connectivity index (χ0n) is 8.97. The highest BCUT2D eigenvalue weighted by molar-refractivity contribution is 5.06. The number of ether oxygens (including phenoxy) is 1. The zero-order valence-corrected chi connectivity index (χ0v) is 8.97. The van der Waals surface area contributed by atoms with Crippen molar-refractivity contribution >= 4 is 0 Å². The molecule has 1 fully saturated rings. The van der Waals surface area contributed by atoms with Crippen LogP contribution in [0.1, 0.15) is 46.5 Å². The van der Waals surface area contributed by atoms with E-state index in [1.54, 1.807) is 0 Å². The van der Waals surface area contributed by atoms with Crippen LogP contribution in [0.25, 0.3) is 0 Å². The van der Waals surface area contributed by atoms with E-state index in [-0.39, 0.29) is 0 Å². The van der Waals surface area contributed by atoms with Crippen LogP contribution < -0.4 is 0 Å². The van der Waals surface area contributed by atoms with Gasteiger partial charge in [-0.1, -0.05) is 25.7 Å². The fourth-order valence-electron chi connectivity index (χ4n) is 1.91. The third kappa shape index (κ3) is 3.04. The summed E-state index contributed by atoms with van der Waals surface area (Å²) in [7, 11) is 0. The van der Waals surface area contributed by atoms with E-state index < -0.39 is 0 Å². The molecule has 1 nitrogen and oxygen atoms in total. The highest BCUT2D eigenvalue weighted by Crippen LogP contribution is 2.28. The van der Waals surface area contributed by atoms with Crippen molar-refractivity contribution in [3.8, 4) is 11.8 Å². The van der Waals surface area contributed by atoms with Gasteiger partial charge < -0.3 is 4.74 Å². The minimum atomic E-state index is 0.342. The Balaban J connectivity index is 2.34. The van der Waals surface area contributed by atoms with Gasteiger partial charge in [-0.2, -0.15) is 0 Å². The molecular weight excluding hydrogens is 160 g/mol. The van der Waals surface area contributed by atoms with Crippen molar-refractivity contribution < 1.29 is 4.74 Å². The Morgan fingerprint density at radius 1 is 1.46 bits per heavy atom. The summed E-state index contributed by atoms with van der Waals surface area (Å²) in [6.45, 7) is 6.27. The first-order valence-corrected chi connectivity index (χ1v) is 5.35. The first kappa shape index (κ1) is 10.6. The van der Waals surface area contributed by atoms with Gasteiger partial charge in [-0.15, -0.1) is 5.92 Å². The van der Waals surface area contributed by atoms with Crippen molar-refractivity contribution in [3.05, 3.63) is 0 Å². The molecule has 13 heavy (non-hydrogen) atoms. The summed E-state index contributed by atoms with van der Waals surface area (Å²) < 4.78 is 5.83. The van der Waals surface area contributed by atoms with Gasteiger partial charge in [0, 0.05) is 5.92 Å². The topological polar surface area (TPSA) is 9.23 Å². The molecule has 0 aliphatic carbocycles. The maximum atomic E-state index is 5.83. The van der Waals surface area contributed by atoms with E-state index in [2.05, 4.69) is 25.7 Å². The molecule has 0 aromatic rings. The maximum Gasteiger partial charge on any atom is 0.0689 e. The molecule has 74 valence electrons. The van der Waals surface area contributed by atoms with Crippen molar-refractivity contribution in [2.45, 2.75) is 58.7 Å². The lowest BCUT2D eigenvalue weighted by Crippen LogP contribution is -2.09. The van der Waals surface area contributed by atoms with Gasteiger partial charge in [0.05, 0.1) is 12.2 Å². The standard InChI is InChI=1S/C12H20O/c1-4-6-8-12-9-11(7-5-2)10(3)13-12/h10-12H,4,6,8-9H2,1-3H3. The molecule has 0 amide bonds. The molecular formula is C12H20O. The van der Waals surface area contributed by atoms with E-state index in [0.29, 0.717) is 18.1 Å². The second-order valence-electron chi connectivity index (χ2n) is 3.84. The highest BCUT2D eigenvalue weighted by atomic mass is 16.5. The van der Waals surface area contributed by atoms with E-state index in [1.807, 2.05) is 6.92 Å². The molecule has 3 unspecified atom stereocenters. The molecule has 1 heteroatoms. The summed E-state index contributed by atoms with van der Waals surface area (Å²) in [4.78, 5) is 0. The van der Waals surface area contributed by atoms with Crippen LogP contribution in [0.15, 0.2) is 0 Å². The Labute approximate surface area is 81.9 Å². The fraction of sp³-hybridized carbons (Fsp3) is 0.833. The van der Waals surface area contributed by atoms with E-state index in [1.165, 1.54) is 19.3 Å². The molecule has 1 rings (SSSR count). The third-order valence-corrected chi connectivity index (χ3v) is 2.70. The lowest BCUT2D eigenvalue weighted by molar-refractivity contribution is 0.0450. The van der Waals surface area contributed by atoms with Gasteiger partial charge in [0.1, 0.15) is 0 Å². The van der Waals surface area contributed by atoms with Crippen molar-refractivity contribution in [1.82, 2.24) is 0 Å². The smallest absolute Gasteiger partial charge is 0.0689 e. The highest BCUT2D eigenvalue weighted by Gasteiger charge is 2.30. The van der Waals surface area contributed by atoms with Crippen LogP contribution in [0, 0.1) is 17.8 Å². The molecule has 0 saturated carbocycles. The molecule has 3 atom stereocenters. The average Bonchev–Trinajstić information content (AvgIpc) is 2.45. The Bertz CT molecular complexity index is 199. The summed E-state index contributed by atoms with van der Waals surface area (Å²) in [6.07, 6.45) is 5.71. The van der Waals surface area contributed by atoms with Crippen LogP contribution in [-0.4, -0.2) is 12.2 Å². The Morgan fingerprint density at radius 3 is 2.85 bits per heavy atom. The number of rotatable bonds is 3. The average molecular weight is 180 g/mol. The van der Waals surface area contributed by atoms with E-state index >= 15 is 0 Å². The largest absolute Gasteiger partial charge is 0.374 e. The zero-order chi connectivity index (χ0) is 9.68. The Hall–Kier alpha value is -0.480. The molecule has 1 saturated heterocycles. The van der Waals surface area contributed by atoms with E-state index in [9.17, 15) is 0 Å². The lowest BCUT2D eigenvalue weighted by Gasteiger charge is -2.09. The molecule has 0 aromatic heterocycles. The minimum Gasteiger partial charge on any atom is -0.374 e. The van der Waals surface area contributed by atoms with Gasteiger partial charge in [0.15, 0.2) is 0 Å². The lowest BCUT2D eigenvalue weighted by atomic mass is 9.99. The fourth-order valence-corrected chi connectivity index (χ4v) is 1.91. The van der Waals surface area contributed by atoms with Gasteiger partial charge in [-0.05, 0) is 26.7 Å². The van der Waals surface area contributed by atoms with Gasteiger partial charge in [0.25, 0.3) is 0 Å². The summed E-state index contributed by atoms with van der Waals surface area (Å²) in [6, 6.07) is 0. The normalized spacial score (nSPS) is 32.7. The summed E-state index contributed by atoms with van der Waals surface area (Å²) in [5, 5.41) is 0. The van der Waals surface area contributed by atoms with Crippen molar-refractivity contribution in [2.24, 2.45) is 5.92 Å². The molecule has 1 aliphatic heterocycles. The summed E-state index contributed by atoms with van der Waals surface area (Å²) >= 11 is 0. The predicted octanol–water partition coefficient (Wildman–Crippen LogP) is 2.99. The van der Waals surface area contributed by atoms with Gasteiger partial charge >= 0.3 is 0 Å². The SMILES string of the molecule is CC#CC1CC(CCCC)OC1C. The Morgan fingerprint density at radius 2 is 2.23 bits per heavy atom. The molecule has 0 aromatic carbocycles. The first-order chi connectivity index (χ1) is 6.27. The van der Waals surface area contributed by atoms with Crippen molar-refractivity contribution in [3.63, 3.8) is 0 Å². The number of hydrogen-bond acceptors (Lipinski definition) is 1. The maximum absolute atomic E-state index is 5.83. The van der Waals surface area contributed by atoms with Crippen LogP contribution in [-0.2, 0) is 4.74 Å². The van der Waals surface area contributed by atoms with Crippen LogP contribution >= 0.6 is 0 Å². The van der Waals surface area contributed by atoms with Crippen molar-refractivity contribution in [2.75, 3.05) is 0 Å². The number of hydrogen-bond donors (Lipinski definition) is 0. The second kappa shape index (κ2) is 5.29. The van der Waals surface area contributed by atoms with E-state index in [0.717, 1.165) is 6.42 Å². The molecule has 1 heterocycles. The predicted molar refractivity (Wildman–Crippen MR) is 55.4 cm³/mol. The van der Waals surface area contributed by atoms with E-state index in [4.69, 9.17) is 4.74 Å². The number of unbranched alkanes of at least 4 members (excludes halogenated alkanes) is 1. The van der Waals surface area contributed by atoms with Gasteiger partial charge in [-0.25, -0.2) is 0 Å². The summed E-state index contributed by atoms with van der Waals surface area (Å²) in [5.74, 6) is 6.69. The molecule has 0 bridgehead atoms. The minimum absolute atomic E-state index is 0.342. The van der Waals surface area contributed by atoms with Crippen molar-refractivity contribution in [1.29, 1.82) is 0 Å². The quantitative estimate of drug-likeness (QED) is 0.607. The van der Waals surface area contributed by atoms with Gasteiger partial charge in [-0.3, -0.25) is 0 Å². The van der Waals surface area contributed by atoms with Crippen LogP contribution in [0.4, 0.5) is 0 Å². The third-order valence-electron chi connectivity index (χ3n) is 2.70. The monoisotopic (exact) mass is 180 g/mol. The van der Waals surface area contributed by atoms with Crippen LogP contribution in [0.5, 0.6) is 0 Å². The summed E-state index contributed by atoms with van der Waals surface area (Å²) in [5.41, 5.74) is 0. The molecule has 0 N–H and O–H groups in total. The van der Waals surface area contributed by atoms with Crippen LogP contribution in [0.2, 0.25) is 0 Å². The second-order valence-corrected chi connectivity index (χ2v) is 3.84.